The van der Waals surface area contributed by atoms with E-state index in [0.29, 0.717) is 19.0 Å². The van der Waals surface area contributed by atoms with Crippen LogP contribution in [0.2, 0.25) is 0 Å². The van der Waals surface area contributed by atoms with Crippen molar-refractivity contribution in [3.63, 3.8) is 0 Å². The highest BCUT2D eigenvalue weighted by molar-refractivity contribution is 14.0. The summed E-state index contributed by atoms with van der Waals surface area (Å²) < 4.78 is 18.7. The Balaban J connectivity index is 0.00000312. The molecule has 1 unspecified atom stereocenters. The summed E-state index contributed by atoms with van der Waals surface area (Å²) in [4.78, 5) is 6.31. The van der Waals surface area contributed by atoms with E-state index in [0.717, 1.165) is 17.7 Å². The summed E-state index contributed by atoms with van der Waals surface area (Å²) in [7, 11) is 5.75. The maximum Gasteiger partial charge on any atom is 0.191 e. The van der Waals surface area contributed by atoms with Crippen LogP contribution in [0.3, 0.4) is 0 Å². The van der Waals surface area contributed by atoms with Gasteiger partial charge in [0.15, 0.2) is 5.96 Å². The second kappa shape index (κ2) is 11.1. The van der Waals surface area contributed by atoms with Crippen LogP contribution in [-0.4, -0.2) is 45.1 Å². The first-order chi connectivity index (χ1) is 11.6. The third-order valence-corrected chi connectivity index (χ3v) is 3.78. The number of rotatable bonds is 7. The van der Waals surface area contributed by atoms with E-state index in [2.05, 4.69) is 20.5 Å². The number of nitrogens with zero attached hydrogens (tertiary/aromatic N) is 2. The third-order valence-electron chi connectivity index (χ3n) is 3.78. The number of aliphatic imine (C=N–C) groups is 1. The topological polar surface area (TPSA) is 52.8 Å². The molecule has 2 aromatic rings. The molecule has 0 fully saturated rings. The fourth-order valence-electron chi connectivity index (χ4n) is 2.45. The smallest absolute Gasteiger partial charge is 0.191 e. The molecule has 5 nitrogen and oxygen atoms in total. The van der Waals surface area contributed by atoms with Gasteiger partial charge in [0.1, 0.15) is 11.6 Å². The summed E-state index contributed by atoms with van der Waals surface area (Å²) in [5.74, 6) is 1.41. The molecule has 0 spiro atoms. The molecule has 0 aliphatic carbocycles. The van der Waals surface area contributed by atoms with Gasteiger partial charge in [0.2, 0.25) is 0 Å². The van der Waals surface area contributed by atoms with Crippen molar-refractivity contribution in [3.8, 4) is 0 Å². The molecule has 1 atom stereocenters. The van der Waals surface area contributed by atoms with E-state index in [1.54, 1.807) is 25.4 Å². The maximum absolute atomic E-state index is 13.2. The van der Waals surface area contributed by atoms with E-state index in [-0.39, 0.29) is 35.8 Å². The van der Waals surface area contributed by atoms with Crippen molar-refractivity contribution >= 4 is 29.9 Å². The Morgan fingerprint density at radius 2 is 2.04 bits per heavy atom. The van der Waals surface area contributed by atoms with Crippen LogP contribution in [-0.2, 0) is 6.42 Å². The Bertz CT molecular complexity index is 646. The molecule has 0 aliphatic heterocycles. The first-order valence-electron chi connectivity index (χ1n) is 7.99. The number of guanidine groups is 1. The summed E-state index contributed by atoms with van der Waals surface area (Å²) >= 11 is 0. The monoisotopic (exact) mass is 460 g/mol. The average molecular weight is 460 g/mol. The van der Waals surface area contributed by atoms with E-state index < -0.39 is 0 Å². The lowest BCUT2D eigenvalue weighted by Crippen LogP contribution is -2.42. The quantitative estimate of drug-likeness (QED) is 0.379. The molecule has 1 heterocycles. The van der Waals surface area contributed by atoms with Gasteiger partial charge in [-0.15, -0.1) is 24.0 Å². The Morgan fingerprint density at radius 3 is 2.64 bits per heavy atom. The molecule has 0 bridgehead atoms. The van der Waals surface area contributed by atoms with Crippen molar-refractivity contribution < 1.29 is 8.81 Å². The van der Waals surface area contributed by atoms with Crippen LogP contribution in [0.1, 0.15) is 17.4 Å². The Labute approximate surface area is 165 Å². The first-order valence-corrected chi connectivity index (χ1v) is 7.99. The molecule has 0 saturated heterocycles. The fourth-order valence-corrected chi connectivity index (χ4v) is 2.45. The molecule has 7 heteroatoms. The van der Waals surface area contributed by atoms with Gasteiger partial charge in [-0.2, -0.15) is 0 Å². The first kappa shape index (κ1) is 21.4. The number of halogens is 2. The van der Waals surface area contributed by atoms with E-state index in [4.69, 9.17) is 4.42 Å². The molecular formula is C18H26FIN4O. The van der Waals surface area contributed by atoms with Gasteiger partial charge >= 0.3 is 0 Å². The lowest BCUT2D eigenvalue weighted by Gasteiger charge is -2.23. The Morgan fingerprint density at radius 1 is 1.24 bits per heavy atom. The van der Waals surface area contributed by atoms with Crippen LogP contribution in [0.5, 0.6) is 0 Å². The van der Waals surface area contributed by atoms with E-state index in [1.165, 1.54) is 6.07 Å². The molecular weight excluding hydrogens is 434 g/mol. The average Bonchev–Trinajstić information content (AvgIpc) is 3.07. The predicted octanol–water partition coefficient (Wildman–Crippen LogP) is 3.05. The maximum atomic E-state index is 13.2. The molecule has 2 N–H and O–H groups in total. The SMILES string of the molecule is CN=C(NCCc1cccc(F)c1)NCC(c1ccco1)N(C)C.I. The Hall–Kier alpha value is -1.61. The number of likely N-dealkylation sites (N-methyl/N-ethyl adjacent to an activating group) is 1. The number of hydrogen-bond acceptors (Lipinski definition) is 3. The zero-order valence-electron chi connectivity index (χ0n) is 14.8. The van der Waals surface area contributed by atoms with Crippen molar-refractivity contribution in [1.82, 2.24) is 15.5 Å². The Kier molecular flexibility index (Phi) is 9.51. The van der Waals surface area contributed by atoms with Gasteiger partial charge < -0.3 is 15.1 Å². The van der Waals surface area contributed by atoms with Crippen molar-refractivity contribution in [2.75, 3.05) is 34.2 Å². The highest BCUT2D eigenvalue weighted by atomic mass is 127. The van der Waals surface area contributed by atoms with Crippen LogP contribution in [0.15, 0.2) is 52.1 Å². The summed E-state index contributed by atoms with van der Waals surface area (Å²) in [5, 5.41) is 6.54. The van der Waals surface area contributed by atoms with Gasteiger partial charge in [-0.05, 0) is 50.3 Å². The summed E-state index contributed by atoms with van der Waals surface area (Å²) in [6.45, 7) is 1.34. The minimum absolute atomic E-state index is 0. The largest absolute Gasteiger partial charge is 0.468 e. The minimum atomic E-state index is -0.206. The van der Waals surface area contributed by atoms with Crippen molar-refractivity contribution in [1.29, 1.82) is 0 Å². The van der Waals surface area contributed by atoms with Crippen molar-refractivity contribution in [3.05, 3.63) is 59.8 Å². The lowest BCUT2D eigenvalue weighted by molar-refractivity contribution is 0.258. The molecule has 0 aliphatic rings. The molecule has 1 aromatic carbocycles. The lowest BCUT2D eigenvalue weighted by atomic mass is 10.1. The molecule has 1 aromatic heterocycles. The van der Waals surface area contributed by atoms with Crippen LogP contribution in [0.4, 0.5) is 4.39 Å². The molecule has 25 heavy (non-hydrogen) atoms. The van der Waals surface area contributed by atoms with Crippen LogP contribution >= 0.6 is 24.0 Å². The van der Waals surface area contributed by atoms with Gasteiger partial charge in [-0.25, -0.2) is 4.39 Å². The summed E-state index contributed by atoms with van der Waals surface area (Å²) in [6, 6.07) is 10.6. The zero-order valence-corrected chi connectivity index (χ0v) is 17.2. The minimum Gasteiger partial charge on any atom is -0.468 e. The highest BCUT2D eigenvalue weighted by Crippen LogP contribution is 2.17. The summed E-state index contributed by atoms with van der Waals surface area (Å²) in [5.41, 5.74) is 0.958. The molecule has 2 rings (SSSR count). The van der Waals surface area contributed by atoms with Crippen LogP contribution in [0.25, 0.3) is 0 Å². The third kappa shape index (κ3) is 7.03. The highest BCUT2D eigenvalue weighted by Gasteiger charge is 2.17. The second-order valence-electron chi connectivity index (χ2n) is 5.75. The zero-order chi connectivity index (χ0) is 17.4. The molecule has 138 valence electrons. The summed E-state index contributed by atoms with van der Waals surface area (Å²) in [6.07, 6.45) is 2.41. The van der Waals surface area contributed by atoms with Gasteiger partial charge in [-0.3, -0.25) is 9.89 Å². The fraction of sp³-hybridized carbons (Fsp3) is 0.389. The van der Waals surface area contributed by atoms with Crippen LogP contribution in [0, 0.1) is 5.82 Å². The van der Waals surface area contributed by atoms with E-state index in [1.807, 2.05) is 32.3 Å². The number of hydrogen-bond donors (Lipinski definition) is 2. The van der Waals surface area contributed by atoms with Gasteiger partial charge in [0.05, 0.1) is 12.3 Å². The number of nitrogens with one attached hydrogen (secondary N) is 2. The van der Waals surface area contributed by atoms with Gasteiger partial charge in [0, 0.05) is 20.1 Å². The molecule has 0 radical (unpaired) electrons. The van der Waals surface area contributed by atoms with Crippen molar-refractivity contribution in [2.45, 2.75) is 12.5 Å². The standard InChI is InChI=1S/C18H25FN4O.HI/c1-20-18(21-10-9-14-6-4-7-15(19)12-14)22-13-16(23(2)3)17-8-5-11-24-17;/h4-8,11-12,16H,9-10,13H2,1-3H3,(H2,20,21,22);1H. The number of benzene rings is 1. The second-order valence-corrected chi connectivity index (χ2v) is 5.75. The van der Waals surface area contributed by atoms with Gasteiger partial charge in [-0.1, -0.05) is 12.1 Å². The predicted molar refractivity (Wildman–Crippen MR) is 110 cm³/mol. The van der Waals surface area contributed by atoms with Crippen molar-refractivity contribution in [2.24, 2.45) is 4.99 Å². The molecule has 0 saturated carbocycles. The van der Waals surface area contributed by atoms with Crippen LogP contribution < -0.4 is 10.6 Å². The van der Waals surface area contributed by atoms with E-state index in [9.17, 15) is 4.39 Å². The molecule has 0 amide bonds. The number of furan rings is 1. The van der Waals surface area contributed by atoms with Gasteiger partial charge in [0.25, 0.3) is 0 Å². The van der Waals surface area contributed by atoms with E-state index >= 15 is 0 Å². The normalized spacial score (nSPS) is 12.6.